The molecule has 114 valence electrons. The van der Waals surface area contributed by atoms with Gasteiger partial charge in [-0.1, -0.05) is 61.2 Å². The van der Waals surface area contributed by atoms with Crippen LogP contribution >= 0.6 is 0 Å². The summed E-state index contributed by atoms with van der Waals surface area (Å²) >= 11 is 0. The van der Waals surface area contributed by atoms with Gasteiger partial charge in [-0.05, 0) is 48.8 Å². The second kappa shape index (κ2) is 8.18. The fourth-order valence-corrected chi connectivity index (χ4v) is 2.49. The molecule has 0 aromatic heterocycles. The molecule has 0 unspecified atom stereocenters. The van der Waals surface area contributed by atoms with E-state index in [2.05, 4.69) is 55.1 Å². The van der Waals surface area contributed by atoms with E-state index in [0.29, 0.717) is 12.0 Å². The highest BCUT2D eigenvalue weighted by atomic mass is 16.4. The van der Waals surface area contributed by atoms with Crippen molar-refractivity contribution in [3.05, 3.63) is 83.4 Å². The van der Waals surface area contributed by atoms with E-state index in [1.807, 2.05) is 6.07 Å². The van der Waals surface area contributed by atoms with Crippen LogP contribution in [0.4, 0.5) is 0 Å². The Hall–Kier alpha value is -2.35. The molecule has 0 aliphatic heterocycles. The first-order chi connectivity index (χ1) is 10.6. The van der Waals surface area contributed by atoms with Crippen LogP contribution < -0.4 is 0 Å². The number of hydrogen-bond donors (Lipinski definition) is 1. The van der Waals surface area contributed by atoms with E-state index >= 15 is 0 Å². The Kier molecular flexibility index (Phi) is 5.96. The summed E-state index contributed by atoms with van der Waals surface area (Å²) in [6.07, 6.45) is 4.34. The lowest BCUT2D eigenvalue weighted by Crippen LogP contribution is -1.99. The molecule has 0 saturated carbocycles. The van der Waals surface area contributed by atoms with E-state index < -0.39 is 5.97 Å². The van der Waals surface area contributed by atoms with Crippen molar-refractivity contribution < 1.29 is 9.90 Å². The number of aliphatic carboxylic acids is 1. The van der Waals surface area contributed by atoms with Gasteiger partial charge in [0.1, 0.15) is 0 Å². The minimum atomic E-state index is -0.892. The van der Waals surface area contributed by atoms with Gasteiger partial charge in [0.05, 0.1) is 0 Å². The molecule has 1 N–H and O–H groups in total. The van der Waals surface area contributed by atoms with Gasteiger partial charge in [-0.3, -0.25) is 0 Å². The van der Waals surface area contributed by atoms with Gasteiger partial charge in [-0.25, -0.2) is 4.79 Å². The Morgan fingerprint density at radius 3 is 2.14 bits per heavy atom. The lowest BCUT2D eigenvalue weighted by atomic mass is 9.99. The van der Waals surface area contributed by atoms with Gasteiger partial charge in [-0.15, -0.1) is 0 Å². The minimum absolute atomic E-state index is 0.292. The molecule has 0 aliphatic carbocycles. The number of carboxylic acids is 1. The molecule has 0 amide bonds. The topological polar surface area (TPSA) is 37.3 Å². The zero-order valence-corrected chi connectivity index (χ0v) is 12.8. The summed E-state index contributed by atoms with van der Waals surface area (Å²) in [6.45, 7) is 3.57. The molecule has 2 aromatic carbocycles. The van der Waals surface area contributed by atoms with Crippen molar-refractivity contribution in [2.75, 3.05) is 0 Å². The van der Waals surface area contributed by atoms with Crippen LogP contribution in [0.2, 0.25) is 0 Å². The molecular formula is C20H22O2. The van der Waals surface area contributed by atoms with Gasteiger partial charge in [0.15, 0.2) is 0 Å². The standard InChI is InChI=1S/C20H22O2/c1-16(20(21)22)7-5-10-18-11-6-12-19(15-18)14-13-17-8-3-2-4-9-17/h2-4,6,8-9,11-12,15H,1,5,7,10,13-14H2,(H,21,22). The van der Waals surface area contributed by atoms with Crippen LogP contribution in [0, 0.1) is 0 Å². The normalized spacial score (nSPS) is 10.4. The molecule has 0 aliphatic rings. The number of carboxylic acid groups (broad SMARTS) is 1. The van der Waals surface area contributed by atoms with E-state index in [4.69, 9.17) is 5.11 Å². The molecule has 2 heteroatoms. The molecule has 22 heavy (non-hydrogen) atoms. The van der Waals surface area contributed by atoms with Crippen LogP contribution in [0.25, 0.3) is 0 Å². The second-order valence-electron chi connectivity index (χ2n) is 5.57. The molecule has 0 fully saturated rings. The average Bonchev–Trinajstić information content (AvgIpc) is 2.54. The Morgan fingerprint density at radius 2 is 1.45 bits per heavy atom. The van der Waals surface area contributed by atoms with Gasteiger partial charge in [0.25, 0.3) is 0 Å². The van der Waals surface area contributed by atoms with Gasteiger partial charge < -0.3 is 5.11 Å². The van der Waals surface area contributed by atoms with Crippen LogP contribution in [0.3, 0.4) is 0 Å². The summed E-state index contributed by atoms with van der Waals surface area (Å²) in [5.74, 6) is -0.892. The first kappa shape index (κ1) is 16.0. The largest absolute Gasteiger partial charge is 0.478 e. The number of rotatable bonds is 8. The van der Waals surface area contributed by atoms with Crippen molar-refractivity contribution in [2.45, 2.75) is 32.1 Å². The smallest absolute Gasteiger partial charge is 0.330 e. The van der Waals surface area contributed by atoms with Gasteiger partial charge in [0, 0.05) is 5.57 Å². The molecular weight excluding hydrogens is 272 g/mol. The van der Waals surface area contributed by atoms with Crippen LogP contribution in [-0.4, -0.2) is 11.1 Å². The third-order valence-electron chi connectivity index (χ3n) is 3.78. The van der Waals surface area contributed by atoms with Crippen LogP contribution in [-0.2, 0) is 24.1 Å². The van der Waals surface area contributed by atoms with E-state index in [1.54, 1.807) is 0 Å². The SMILES string of the molecule is C=C(CCCc1cccc(CCc2ccccc2)c1)C(=O)O. The van der Waals surface area contributed by atoms with Crippen LogP contribution in [0.5, 0.6) is 0 Å². The number of carbonyl (C=O) groups is 1. The molecule has 0 radical (unpaired) electrons. The molecule has 2 aromatic rings. The third kappa shape index (κ3) is 5.21. The Morgan fingerprint density at radius 1 is 0.864 bits per heavy atom. The van der Waals surface area contributed by atoms with Crippen molar-refractivity contribution in [2.24, 2.45) is 0 Å². The fraction of sp³-hybridized carbons (Fsp3) is 0.250. The van der Waals surface area contributed by atoms with Crippen LogP contribution in [0.1, 0.15) is 29.5 Å². The summed E-state index contributed by atoms with van der Waals surface area (Å²) in [5, 5.41) is 8.80. The Bertz CT molecular complexity index is 629. The second-order valence-corrected chi connectivity index (χ2v) is 5.57. The highest BCUT2D eigenvalue weighted by Crippen LogP contribution is 2.13. The summed E-state index contributed by atoms with van der Waals surface area (Å²) in [4.78, 5) is 10.7. The highest BCUT2D eigenvalue weighted by Gasteiger charge is 2.04. The molecule has 2 rings (SSSR count). The zero-order valence-electron chi connectivity index (χ0n) is 12.8. The molecule has 0 heterocycles. The van der Waals surface area contributed by atoms with Crippen LogP contribution in [0.15, 0.2) is 66.7 Å². The predicted molar refractivity (Wildman–Crippen MR) is 90.0 cm³/mol. The fourth-order valence-electron chi connectivity index (χ4n) is 2.49. The Balaban J connectivity index is 1.84. The van der Waals surface area contributed by atoms with Crippen molar-refractivity contribution in [3.63, 3.8) is 0 Å². The maximum absolute atomic E-state index is 10.7. The first-order valence-electron chi connectivity index (χ1n) is 7.68. The number of benzene rings is 2. The van der Waals surface area contributed by atoms with Gasteiger partial charge in [-0.2, -0.15) is 0 Å². The average molecular weight is 294 g/mol. The molecule has 0 bridgehead atoms. The summed E-state index contributed by atoms with van der Waals surface area (Å²) in [7, 11) is 0. The highest BCUT2D eigenvalue weighted by molar-refractivity contribution is 5.85. The lowest BCUT2D eigenvalue weighted by molar-refractivity contribution is -0.132. The maximum Gasteiger partial charge on any atom is 0.330 e. The first-order valence-corrected chi connectivity index (χ1v) is 7.68. The zero-order chi connectivity index (χ0) is 15.8. The molecule has 2 nitrogen and oxygen atoms in total. The van der Waals surface area contributed by atoms with Gasteiger partial charge in [0.2, 0.25) is 0 Å². The van der Waals surface area contributed by atoms with E-state index in [-0.39, 0.29) is 0 Å². The monoisotopic (exact) mass is 294 g/mol. The van der Waals surface area contributed by atoms with E-state index in [9.17, 15) is 4.79 Å². The molecule has 0 atom stereocenters. The number of aryl methyl sites for hydroxylation is 3. The van der Waals surface area contributed by atoms with Crippen molar-refractivity contribution in [1.29, 1.82) is 0 Å². The summed E-state index contributed by atoms with van der Waals surface area (Å²) in [5.41, 5.74) is 4.24. The van der Waals surface area contributed by atoms with Crippen molar-refractivity contribution in [1.82, 2.24) is 0 Å². The van der Waals surface area contributed by atoms with Crippen molar-refractivity contribution in [3.8, 4) is 0 Å². The quantitative estimate of drug-likeness (QED) is 0.731. The van der Waals surface area contributed by atoms with E-state index in [1.165, 1.54) is 16.7 Å². The summed E-state index contributed by atoms with van der Waals surface area (Å²) < 4.78 is 0. The third-order valence-corrected chi connectivity index (χ3v) is 3.78. The molecule has 0 saturated heterocycles. The van der Waals surface area contributed by atoms with Crippen molar-refractivity contribution >= 4 is 5.97 Å². The number of hydrogen-bond acceptors (Lipinski definition) is 1. The lowest BCUT2D eigenvalue weighted by Gasteiger charge is -2.06. The summed E-state index contributed by atoms with van der Waals surface area (Å²) in [6, 6.07) is 19.1. The van der Waals surface area contributed by atoms with Gasteiger partial charge >= 0.3 is 5.97 Å². The Labute approximate surface area is 132 Å². The minimum Gasteiger partial charge on any atom is -0.478 e. The van der Waals surface area contributed by atoms with E-state index in [0.717, 1.165) is 25.7 Å². The predicted octanol–water partition coefficient (Wildman–Crippen LogP) is 4.44. The molecule has 0 spiro atoms. The maximum atomic E-state index is 10.7.